The Hall–Kier alpha value is -2.44. The number of hydrogen-bond acceptors (Lipinski definition) is 5. The molecule has 4 N–H and O–H groups in total. The number of ether oxygens (including phenoxy) is 2. The summed E-state index contributed by atoms with van der Waals surface area (Å²) in [5, 5.41) is 11.9. The van der Waals surface area contributed by atoms with E-state index in [1.165, 1.54) is 14.0 Å². The molecule has 1 amide bonds. The second-order valence-electron chi connectivity index (χ2n) is 6.66. The summed E-state index contributed by atoms with van der Waals surface area (Å²) < 4.78 is 10.5. The summed E-state index contributed by atoms with van der Waals surface area (Å²) in [5.41, 5.74) is 6.37. The van der Waals surface area contributed by atoms with Crippen LogP contribution in [0.5, 0.6) is 5.75 Å². The van der Waals surface area contributed by atoms with Gasteiger partial charge in [-0.25, -0.2) is 4.79 Å². The molecule has 0 fully saturated rings. The summed E-state index contributed by atoms with van der Waals surface area (Å²) in [6.07, 6.45) is -0.413. The molecule has 7 nitrogen and oxygen atoms in total. The van der Waals surface area contributed by atoms with Gasteiger partial charge in [0, 0.05) is 11.7 Å². The van der Waals surface area contributed by atoms with Crippen molar-refractivity contribution < 1.29 is 24.2 Å². The zero-order valence-electron chi connectivity index (χ0n) is 14.8. The summed E-state index contributed by atoms with van der Waals surface area (Å²) >= 11 is 0. The topological polar surface area (TPSA) is 111 Å². The molecular formula is C17H26N2O5. The van der Waals surface area contributed by atoms with E-state index in [0.29, 0.717) is 17.0 Å². The lowest BCUT2D eigenvalue weighted by atomic mass is 9.94. The van der Waals surface area contributed by atoms with Crippen molar-refractivity contribution >= 4 is 17.7 Å². The van der Waals surface area contributed by atoms with Crippen molar-refractivity contribution in [3.05, 3.63) is 23.8 Å². The molecule has 0 aliphatic heterocycles. The number of anilines is 1. The number of hydrogen-bond donors (Lipinski definition) is 3. The van der Waals surface area contributed by atoms with Gasteiger partial charge in [0.15, 0.2) is 0 Å². The zero-order valence-corrected chi connectivity index (χ0v) is 14.8. The summed E-state index contributed by atoms with van der Waals surface area (Å²) in [4.78, 5) is 23.4. The van der Waals surface area contributed by atoms with E-state index >= 15 is 0 Å². The Labute approximate surface area is 142 Å². The molecule has 0 saturated heterocycles. The van der Waals surface area contributed by atoms with Crippen LogP contribution in [0, 0.1) is 5.92 Å². The normalized spacial score (nSPS) is 13.7. The van der Waals surface area contributed by atoms with Gasteiger partial charge in [0.05, 0.1) is 13.0 Å². The van der Waals surface area contributed by atoms with Crippen LogP contribution in [0.1, 0.15) is 33.3 Å². The predicted molar refractivity (Wildman–Crippen MR) is 91.1 cm³/mol. The van der Waals surface area contributed by atoms with Crippen molar-refractivity contribution in [2.24, 2.45) is 5.92 Å². The van der Waals surface area contributed by atoms with Gasteiger partial charge in [-0.1, -0.05) is 0 Å². The number of benzene rings is 1. The molecule has 0 saturated carbocycles. The van der Waals surface area contributed by atoms with Crippen molar-refractivity contribution in [2.45, 2.75) is 45.8 Å². The van der Waals surface area contributed by atoms with E-state index in [4.69, 9.17) is 15.2 Å². The highest BCUT2D eigenvalue weighted by Gasteiger charge is 2.28. The first kappa shape index (κ1) is 19.6. The Bertz CT molecular complexity index is 595. The van der Waals surface area contributed by atoms with Crippen LogP contribution in [-0.4, -0.2) is 35.9 Å². The van der Waals surface area contributed by atoms with Crippen molar-refractivity contribution in [3.8, 4) is 5.75 Å². The second kappa shape index (κ2) is 7.90. The fraction of sp³-hybridized carbons (Fsp3) is 0.529. The minimum Gasteiger partial charge on any atom is -0.496 e. The number of aliphatic carboxylic acids is 1. The molecule has 0 aromatic heterocycles. The molecule has 24 heavy (non-hydrogen) atoms. The van der Waals surface area contributed by atoms with Crippen molar-refractivity contribution in [1.29, 1.82) is 0 Å². The number of nitrogens with two attached hydrogens (primary N) is 1. The first-order valence-corrected chi connectivity index (χ1v) is 7.68. The van der Waals surface area contributed by atoms with Gasteiger partial charge in [0.1, 0.15) is 11.4 Å². The smallest absolute Gasteiger partial charge is 0.407 e. The van der Waals surface area contributed by atoms with Gasteiger partial charge in [-0.2, -0.15) is 0 Å². The Balaban J connectivity index is 3.01. The molecule has 0 aliphatic carbocycles. The maximum absolute atomic E-state index is 12.0. The molecule has 1 rings (SSSR count). The Morgan fingerprint density at radius 3 is 2.46 bits per heavy atom. The van der Waals surface area contributed by atoms with Crippen LogP contribution in [0.3, 0.4) is 0 Å². The molecular weight excluding hydrogens is 312 g/mol. The highest BCUT2D eigenvalue weighted by molar-refractivity contribution is 5.73. The number of carboxylic acids is 1. The van der Waals surface area contributed by atoms with E-state index in [0.717, 1.165) is 0 Å². The number of methoxy groups -OCH3 is 1. The number of carboxylic acid groups (broad SMARTS) is 1. The fourth-order valence-electron chi connectivity index (χ4n) is 2.18. The molecule has 1 aromatic rings. The molecule has 1 unspecified atom stereocenters. The van der Waals surface area contributed by atoms with E-state index in [2.05, 4.69) is 5.32 Å². The summed E-state index contributed by atoms with van der Waals surface area (Å²) in [7, 11) is 1.52. The number of alkyl carbamates (subject to hydrolysis) is 1. The predicted octanol–water partition coefficient (Wildman–Crippen LogP) is 2.43. The Kier molecular flexibility index (Phi) is 6.45. The van der Waals surface area contributed by atoms with Gasteiger partial charge in [0.2, 0.25) is 0 Å². The lowest BCUT2D eigenvalue weighted by Gasteiger charge is -2.26. The summed E-state index contributed by atoms with van der Waals surface area (Å²) in [5.74, 6) is -1.25. The number of carbonyl (C=O) groups excluding carboxylic acids is 1. The number of amides is 1. The van der Waals surface area contributed by atoms with E-state index in [1.807, 2.05) is 0 Å². The summed E-state index contributed by atoms with van der Waals surface area (Å²) in [6.45, 7) is 6.75. The maximum atomic E-state index is 12.0. The third-order valence-corrected chi connectivity index (χ3v) is 3.44. The second-order valence-corrected chi connectivity index (χ2v) is 6.66. The van der Waals surface area contributed by atoms with Gasteiger partial charge in [-0.3, -0.25) is 4.79 Å². The van der Waals surface area contributed by atoms with Gasteiger partial charge < -0.3 is 25.6 Å². The van der Waals surface area contributed by atoms with Gasteiger partial charge >= 0.3 is 12.1 Å². The average Bonchev–Trinajstić information content (AvgIpc) is 2.43. The quantitative estimate of drug-likeness (QED) is 0.687. The van der Waals surface area contributed by atoms with Gasteiger partial charge in [-0.05, 0) is 57.9 Å². The van der Waals surface area contributed by atoms with E-state index in [9.17, 15) is 14.7 Å². The van der Waals surface area contributed by atoms with Gasteiger partial charge in [-0.15, -0.1) is 0 Å². The number of nitrogen functional groups attached to an aromatic ring is 1. The van der Waals surface area contributed by atoms with Crippen LogP contribution in [0.4, 0.5) is 10.5 Å². The first-order valence-electron chi connectivity index (χ1n) is 7.68. The minimum atomic E-state index is -1.01. The molecule has 1 aromatic carbocycles. The number of nitrogens with one attached hydrogen (secondary N) is 1. The molecule has 0 bridgehead atoms. The number of carbonyl (C=O) groups is 2. The maximum Gasteiger partial charge on any atom is 0.407 e. The van der Waals surface area contributed by atoms with Crippen LogP contribution in [0.2, 0.25) is 0 Å². The molecule has 0 aliphatic rings. The van der Waals surface area contributed by atoms with Crippen molar-refractivity contribution in [1.82, 2.24) is 5.32 Å². The summed E-state index contributed by atoms with van der Waals surface area (Å²) in [6, 6.07) is 4.44. The monoisotopic (exact) mass is 338 g/mol. The lowest BCUT2D eigenvalue weighted by Crippen LogP contribution is -2.45. The average molecular weight is 338 g/mol. The van der Waals surface area contributed by atoms with E-state index in [-0.39, 0.29) is 6.42 Å². The molecule has 0 heterocycles. The third-order valence-electron chi connectivity index (χ3n) is 3.44. The zero-order chi connectivity index (χ0) is 18.5. The van der Waals surface area contributed by atoms with Crippen LogP contribution in [-0.2, 0) is 16.0 Å². The Morgan fingerprint density at radius 1 is 1.33 bits per heavy atom. The molecule has 0 spiro atoms. The fourth-order valence-corrected chi connectivity index (χ4v) is 2.18. The SMILES string of the molecule is COc1ccc(N)cc1C[C@H](NC(=O)OC(C)(C)C)C(C)C(=O)O. The van der Waals surface area contributed by atoms with Crippen molar-refractivity contribution in [3.63, 3.8) is 0 Å². The molecule has 134 valence electrons. The van der Waals surface area contributed by atoms with Crippen LogP contribution < -0.4 is 15.8 Å². The number of rotatable bonds is 6. The van der Waals surface area contributed by atoms with E-state index in [1.54, 1.807) is 39.0 Å². The largest absolute Gasteiger partial charge is 0.496 e. The molecule has 7 heteroatoms. The lowest BCUT2D eigenvalue weighted by molar-refractivity contribution is -0.142. The molecule has 0 radical (unpaired) electrons. The Morgan fingerprint density at radius 2 is 1.96 bits per heavy atom. The molecule has 2 atom stereocenters. The van der Waals surface area contributed by atoms with Crippen LogP contribution in [0.25, 0.3) is 0 Å². The van der Waals surface area contributed by atoms with Gasteiger partial charge in [0.25, 0.3) is 0 Å². The third kappa shape index (κ3) is 5.98. The van der Waals surface area contributed by atoms with Crippen LogP contribution in [0.15, 0.2) is 18.2 Å². The highest BCUT2D eigenvalue weighted by atomic mass is 16.6. The van der Waals surface area contributed by atoms with Crippen LogP contribution >= 0.6 is 0 Å². The first-order chi connectivity index (χ1) is 11.0. The van der Waals surface area contributed by atoms with E-state index < -0.39 is 29.6 Å². The van der Waals surface area contributed by atoms with Crippen molar-refractivity contribution in [2.75, 3.05) is 12.8 Å². The standard InChI is InChI=1S/C17H26N2O5/c1-10(15(20)21)13(19-16(22)24-17(2,3)4)9-11-8-12(18)6-7-14(11)23-5/h6-8,10,13H,9,18H2,1-5H3,(H,19,22)(H,20,21)/t10?,13-/m0/s1. The highest BCUT2D eigenvalue weighted by Crippen LogP contribution is 2.24. The minimum absolute atomic E-state index is 0.251.